The van der Waals surface area contributed by atoms with Crippen LogP contribution in [0.1, 0.15) is 5.76 Å². The molecule has 94 valence electrons. The second kappa shape index (κ2) is 3.46. The van der Waals surface area contributed by atoms with Crippen molar-refractivity contribution in [3.8, 4) is 11.3 Å². The lowest BCUT2D eigenvalue weighted by atomic mass is 10.1. The number of hydrogen-bond acceptors (Lipinski definition) is 4. The molecule has 0 amide bonds. The summed E-state index contributed by atoms with van der Waals surface area (Å²) < 4.78 is 44.5. The third-order valence-electron chi connectivity index (χ3n) is 2.62. The van der Waals surface area contributed by atoms with Crippen molar-refractivity contribution < 1.29 is 17.3 Å². The first-order chi connectivity index (χ1) is 8.40. The van der Waals surface area contributed by atoms with Crippen molar-refractivity contribution in [1.29, 1.82) is 0 Å². The first-order valence-electron chi connectivity index (χ1n) is 4.88. The van der Waals surface area contributed by atoms with Crippen molar-refractivity contribution in [2.24, 2.45) is 0 Å². The van der Waals surface area contributed by atoms with Gasteiger partial charge < -0.3 is 4.52 Å². The molecule has 2 heterocycles. The zero-order valence-corrected chi connectivity index (χ0v) is 10.6. The number of benzene rings is 1. The average Bonchev–Trinajstić information content (AvgIpc) is 2.64. The van der Waals surface area contributed by atoms with Crippen LogP contribution in [-0.4, -0.2) is 13.6 Å². The molecule has 0 atom stereocenters. The van der Waals surface area contributed by atoms with Crippen molar-refractivity contribution in [2.75, 3.05) is 4.72 Å². The fourth-order valence-electron chi connectivity index (χ4n) is 1.90. The molecule has 0 unspecified atom stereocenters. The number of rotatable bonds is 0. The maximum atomic E-state index is 13.3. The molecule has 1 aliphatic heterocycles. The van der Waals surface area contributed by atoms with Crippen molar-refractivity contribution in [2.45, 2.75) is 11.8 Å². The minimum absolute atomic E-state index is 0.0279. The molecule has 0 saturated heterocycles. The summed E-state index contributed by atoms with van der Waals surface area (Å²) in [6.07, 6.45) is 0. The number of anilines is 1. The summed E-state index contributed by atoms with van der Waals surface area (Å²) in [5.74, 6) is -0.435. The Balaban J connectivity index is 2.45. The van der Waals surface area contributed by atoms with E-state index in [0.717, 1.165) is 12.1 Å². The Morgan fingerprint density at radius 1 is 1.44 bits per heavy atom. The van der Waals surface area contributed by atoms with Crippen LogP contribution in [0.15, 0.2) is 21.6 Å². The molecule has 0 spiro atoms. The van der Waals surface area contributed by atoms with Gasteiger partial charge in [0.15, 0.2) is 10.7 Å². The summed E-state index contributed by atoms with van der Waals surface area (Å²) in [6, 6.07) is 2.19. The first-order valence-corrected chi connectivity index (χ1v) is 6.75. The second-order valence-corrected chi connectivity index (χ2v) is 5.86. The van der Waals surface area contributed by atoms with E-state index in [4.69, 9.17) is 16.1 Å². The molecule has 0 saturated carbocycles. The molecule has 5 nitrogen and oxygen atoms in total. The third-order valence-corrected chi connectivity index (χ3v) is 4.41. The van der Waals surface area contributed by atoms with Crippen LogP contribution in [0.2, 0.25) is 5.02 Å². The van der Waals surface area contributed by atoms with E-state index < -0.39 is 15.8 Å². The summed E-state index contributed by atoms with van der Waals surface area (Å²) in [4.78, 5) is -0.0864. The van der Waals surface area contributed by atoms with E-state index in [9.17, 15) is 12.8 Å². The summed E-state index contributed by atoms with van der Waals surface area (Å²) in [5, 5.41) is 3.63. The largest absolute Gasteiger partial charge is 0.360 e. The summed E-state index contributed by atoms with van der Waals surface area (Å²) in [7, 11) is -3.79. The highest BCUT2D eigenvalue weighted by molar-refractivity contribution is 7.93. The van der Waals surface area contributed by atoms with E-state index in [0.29, 0.717) is 0 Å². The molecule has 1 aliphatic rings. The molecular weight excluding hydrogens is 283 g/mol. The van der Waals surface area contributed by atoms with Gasteiger partial charge in [0.1, 0.15) is 11.5 Å². The van der Waals surface area contributed by atoms with Crippen LogP contribution in [0.25, 0.3) is 11.3 Å². The lowest BCUT2D eigenvalue weighted by Crippen LogP contribution is -2.19. The van der Waals surface area contributed by atoms with Gasteiger partial charge in [0.25, 0.3) is 10.0 Å². The molecule has 0 bridgehead atoms. The summed E-state index contributed by atoms with van der Waals surface area (Å²) >= 11 is 5.82. The van der Waals surface area contributed by atoms with Gasteiger partial charge in [0.2, 0.25) is 0 Å². The van der Waals surface area contributed by atoms with Gasteiger partial charge in [-0.2, -0.15) is 0 Å². The van der Waals surface area contributed by atoms with E-state index in [2.05, 4.69) is 9.88 Å². The maximum absolute atomic E-state index is 13.3. The molecule has 1 aromatic carbocycles. The Bertz CT molecular complexity index is 770. The Labute approximate surface area is 107 Å². The van der Waals surface area contributed by atoms with Crippen LogP contribution < -0.4 is 4.72 Å². The van der Waals surface area contributed by atoms with E-state index >= 15 is 0 Å². The smallest absolute Gasteiger partial charge is 0.267 e. The molecule has 2 aromatic rings. The molecule has 0 fully saturated rings. The number of hydrogen-bond donors (Lipinski definition) is 1. The third kappa shape index (κ3) is 1.44. The van der Waals surface area contributed by atoms with Crippen LogP contribution in [0.5, 0.6) is 0 Å². The lowest BCUT2D eigenvalue weighted by Gasteiger charge is -2.18. The van der Waals surface area contributed by atoms with E-state index in [-0.39, 0.29) is 32.6 Å². The van der Waals surface area contributed by atoms with Crippen molar-refractivity contribution in [1.82, 2.24) is 5.16 Å². The van der Waals surface area contributed by atoms with Crippen LogP contribution >= 0.6 is 11.6 Å². The number of fused-ring (bicyclic) bond motifs is 3. The SMILES string of the molecule is Cc1onc2c1S(=O)(=O)Nc1c(Cl)cc(F)cc1-2. The molecule has 0 aliphatic carbocycles. The second-order valence-electron chi connectivity index (χ2n) is 3.83. The number of sulfonamides is 1. The molecule has 3 rings (SSSR count). The molecule has 0 radical (unpaired) electrons. The standard InChI is InChI=1S/C10H6ClFN2O3S/c1-4-10-9(13-17-4)6-2-5(12)3-7(11)8(6)14-18(10,15)16/h2-3,14H,1H3. The molecular formula is C10H6ClFN2O3S. The van der Waals surface area contributed by atoms with Crippen molar-refractivity contribution in [3.63, 3.8) is 0 Å². The van der Waals surface area contributed by atoms with Gasteiger partial charge in [0, 0.05) is 5.56 Å². The Morgan fingerprint density at radius 2 is 2.17 bits per heavy atom. The molecule has 18 heavy (non-hydrogen) atoms. The van der Waals surface area contributed by atoms with Gasteiger partial charge in [-0.1, -0.05) is 16.8 Å². The first kappa shape index (κ1) is 11.5. The Hall–Kier alpha value is -1.60. The normalized spacial score (nSPS) is 15.7. The summed E-state index contributed by atoms with van der Waals surface area (Å²) in [5.41, 5.74) is 0.447. The van der Waals surface area contributed by atoms with Crippen molar-refractivity contribution in [3.05, 3.63) is 28.7 Å². The van der Waals surface area contributed by atoms with Gasteiger partial charge >= 0.3 is 0 Å². The van der Waals surface area contributed by atoms with Gasteiger partial charge in [-0.15, -0.1) is 0 Å². The number of nitrogens with zero attached hydrogens (tertiary/aromatic N) is 1. The van der Waals surface area contributed by atoms with Gasteiger partial charge in [-0.05, 0) is 19.1 Å². The van der Waals surface area contributed by atoms with Crippen LogP contribution in [0.4, 0.5) is 10.1 Å². The highest BCUT2D eigenvalue weighted by Gasteiger charge is 2.35. The minimum atomic E-state index is -3.79. The average molecular weight is 289 g/mol. The van der Waals surface area contributed by atoms with Crippen molar-refractivity contribution >= 4 is 27.3 Å². The summed E-state index contributed by atoms with van der Waals surface area (Å²) in [6.45, 7) is 1.47. The zero-order valence-electron chi connectivity index (χ0n) is 8.99. The number of nitrogens with one attached hydrogen (secondary N) is 1. The zero-order chi connectivity index (χ0) is 13.1. The molecule has 1 aromatic heterocycles. The van der Waals surface area contributed by atoms with Crippen LogP contribution in [0.3, 0.4) is 0 Å². The van der Waals surface area contributed by atoms with Crippen LogP contribution in [0, 0.1) is 12.7 Å². The Morgan fingerprint density at radius 3 is 2.89 bits per heavy atom. The monoisotopic (exact) mass is 288 g/mol. The minimum Gasteiger partial charge on any atom is -0.360 e. The number of aryl methyl sites for hydroxylation is 1. The quantitative estimate of drug-likeness (QED) is 0.808. The van der Waals surface area contributed by atoms with Gasteiger partial charge in [-0.25, -0.2) is 12.8 Å². The topological polar surface area (TPSA) is 72.2 Å². The molecule has 1 N–H and O–H groups in total. The predicted octanol–water partition coefficient (Wildman–Crippen LogP) is 2.56. The predicted molar refractivity (Wildman–Crippen MR) is 62.5 cm³/mol. The lowest BCUT2D eigenvalue weighted by molar-refractivity contribution is 0.396. The maximum Gasteiger partial charge on any atom is 0.267 e. The van der Waals surface area contributed by atoms with Crippen LogP contribution in [-0.2, 0) is 10.0 Å². The number of aromatic nitrogens is 1. The van der Waals surface area contributed by atoms with E-state index in [1.54, 1.807) is 0 Å². The highest BCUT2D eigenvalue weighted by Crippen LogP contribution is 2.43. The fourth-order valence-corrected chi connectivity index (χ4v) is 3.62. The van der Waals surface area contributed by atoms with E-state index in [1.807, 2.05) is 0 Å². The molecule has 8 heteroatoms. The fraction of sp³-hybridized carbons (Fsp3) is 0.100. The highest BCUT2D eigenvalue weighted by atomic mass is 35.5. The number of halogens is 2. The van der Waals surface area contributed by atoms with E-state index in [1.165, 1.54) is 6.92 Å². The van der Waals surface area contributed by atoms with Gasteiger partial charge in [-0.3, -0.25) is 4.72 Å². The Kier molecular flexibility index (Phi) is 2.21. The van der Waals surface area contributed by atoms with Gasteiger partial charge in [0.05, 0.1) is 10.7 Å².